The van der Waals surface area contributed by atoms with E-state index in [1.807, 2.05) is 26.0 Å². The van der Waals surface area contributed by atoms with Crippen molar-refractivity contribution in [2.45, 2.75) is 24.5 Å². The topological polar surface area (TPSA) is 81.4 Å². The van der Waals surface area contributed by atoms with Crippen LogP contribution in [-0.2, 0) is 15.3 Å². The summed E-state index contributed by atoms with van der Waals surface area (Å²) in [6.45, 7) is 3.60. The molecule has 2 aromatic rings. The minimum absolute atomic E-state index is 0.155. The van der Waals surface area contributed by atoms with Crippen LogP contribution in [0.4, 0.5) is 0 Å². The third kappa shape index (κ3) is 4.35. The van der Waals surface area contributed by atoms with E-state index in [0.717, 1.165) is 21.9 Å². The molecule has 0 bridgehead atoms. The van der Waals surface area contributed by atoms with Gasteiger partial charge >= 0.3 is 5.97 Å². The lowest BCUT2D eigenvalue weighted by atomic mass is 10.2. The largest absolute Gasteiger partial charge is 0.468 e. The molecule has 0 fully saturated rings. The van der Waals surface area contributed by atoms with Gasteiger partial charge in [-0.25, -0.2) is 0 Å². The van der Waals surface area contributed by atoms with Crippen molar-refractivity contribution >= 4 is 23.6 Å². The standard InChI is InChI=1S/C16H18N2O4S/c1-10-13(11(2)22-18-10)9-23-14-7-5-4-6-12(14)16(20)17-8-15(19)21-3/h4-7H,8-9H2,1-3H3,(H,17,20). The van der Waals surface area contributed by atoms with Crippen molar-refractivity contribution in [1.82, 2.24) is 10.5 Å². The van der Waals surface area contributed by atoms with E-state index in [4.69, 9.17) is 4.52 Å². The Morgan fingerprint density at radius 1 is 1.30 bits per heavy atom. The number of esters is 1. The van der Waals surface area contributed by atoms with E-state index in [1.165, 1.54) is 18.9 Å². The van der Waals surface area contributed by atoms with Crippen LogP contribution in [0.5, 0.6) is 0 Å². The van der Waals surface area contributed by atoms with E-state index in [1.54, 1.807) is 12.1 Å². The van der Waals surface area contributed by atoms with Crippen molar-refractivity contribution in [2.75, 3.05) is 13.7 Å². The number of nitrogens with one attached hydrogen (secondary N) is 1. The summed E-state index contributed by atoms with van der Waals surface area (Å²) in [5.41, 5.74) is 2.40. The lowest BCUT2D eigenvalue weighted by Crippen LogP contribution is -2.30. The van der Waals surface area contributed by atoms with E-state index in [-0.39, 0.29) is 12.5 Å². The Labute approximate surface area is 138 Å². The number of thioether (sulfide) groups is 1. The minimum atomic E-state index is -0.487. The second kappa shape index (κ2) is 7.82. The Kier molecular flexibility index (Phi) is 5.81. The number of ether oxygens (including phenoxy) is 1. The molecule has 1 aromatic heterocycles. The quantitative estimate of drug-likeness (QED) is 0.646. The smallest absolute Gasteiger partial charge is 0.325 e. The predicted molar refractivity (Wildman–Crippen MR) is 86.3 cm³/mol. The van der Waals surface area contributed by atoms with Crippen molar-refractivity contribution in [3.05, 3.63) is 46.8 Å². The van der Waals surface area contributed by atoms with Gasteiger partial charge in [0.2, 0.25) is 0 Å². The lowest BCUT2D eigenvalue weighted by molar-refractivity contribution is -0.139. The molecular weight excluding hydrogens is 316 g/mol. The summed E-state index contributed by atoms with van der Waals surface area (Å²) in [6, 6.07) is 7.25. The number of hydrogen-bond donors (Lipinski definition) is 1. The summed E-state index contributed by atoms with van der Waals surface area (Å²) in [6.07, 6.45) is 0. The van der Waals surface area contributed by atoms with Crippen LogP contribution in [0.1, 0.15) is 27.4 Å². The van der Waals surface area contributed by atoms with E-state index in [9.17, 15) is 9.59 Å². The molecule has 122 valence electrons. The molecule has 2 rings (SSSR count). The number of benzene rings is 1. The van der Waals surface area contributed by atoms with Crippen molar-refractivity contribution in [3.63, 3.8) is 0 Å². The minimum Gasteiger partial charge on any atom is -0.468 e. The second-order valence-corrected chi connectivity index (χ2v) is 5.86. The van der Waals surface area contributed by atoms with Gasteiger partial charge in [-0.2, -0.15) is 0 Å². The van der Waals surface area contributed by atoms with Gasteiger partial charge in [0.15, 0.2) is 0 Å². The zero-order chi connectivity index (χ0) is 16.8. The molecule has 1 heterocycles. The Bertz CT molecular complexity index is 692. The van der Waals surface area contributed by atoms with Crippen LogP contribution >= 0.6 is 11.8 Å². The van der Waals surface area contributed by atoms with E-state index in [0.29, 0.717) is 11.3 Å². The fourth-order valence-corrected chi connectivity index (χ4v) is 3.16. The summed E-state index contributed by atoms with van der Waals surface area (Å²) in [4.78, 5) is 24.2. The van der Waals surface area contributed by atoms with E-state index >= 15 is 0 Å². The molecule has 0 aliphatic rings. The molecule has 1 aromatic carbocycles. The van der Waals surface area contributed by atoms with Crippen molar-refractivity contribution in [1.29, 1.82) is 0 Å². The van der Waals surface area contributed by atoms with Crippen molar-refractivity contribution in [2.24, 2.45) is 0 Å². The zero-order valence-electron chi connectivity index (χ0n) is 13.2. The molecular formula is C16H18N2O4S. The molecule has 23 heavy (non-hydrogen) atoms. The van der Waals surface area contributed by atoms with Gasteiger partial charge in [-0.05, 0) is 26.0 Å². The molecule has 1 N–H and O–H groups in total. The molecule has 0 aliphatic heterocycles. The first-order chi connectivity index (χ1) is 11.0. The van der Waals surface area contributed by atoms with Crippen LogP contribution < -0.4 is 5.32 Å². The highest BCUT2D eigenvalue weighted by Gasteiger charge is 2.15. The van der Waals surface area contributed by atoms with Crippen LogP contribution in [0.15, 0.2) is 33.7 Å². The molecule has 1 amide bonds. The van der Waals surface area contributed by atoms with Gasteiger partial charge < -0.3 is 14.6 Å². The number of nitrogens with zero attached hydrogens (tertiary/aromatic N) is 1. The third-order valence-electron chi connectivity index (χ3n) is 3.31. The highest BCUT2D eigenvalue weighted by molar-refractivity contribution is 7.98. The Morgan fingerprint density at radius 3 is 2.70 bits per heavy atom. The maximum atomic E-state index is 12.2. The second-order valence-electron chi connectivity index (χ2n) is 4.85. The van der Waals surface area contributed by atoms with E-state index in [2.05, 4.69) is 15.2 Å². The zero-order valence-corrected chi connectivity index (χ0v) is 14.0. The lowest BCUT2D eigenvalue weighted by Gasteiger charge is -2.09. The first kappa shape index (κ1) is 17.1. The molecule has 0 unspecified atom stereocenters. The summed E-state index contributed by atoms with van der Waals surface area (Å²) >= 11 is 1.52. The molecule has 6 nitrogen and oxygen atoms in total. The fraction of sp³-hybridized carbons (Fsp3) is 0.312. The predicted octanol–water partition coefficient (Wildman–Crippen LogP) is 2.49. The summed E-state index contributed by atoms with van der Waals surface area (Å²) < 4.78 is 9.66. The highest BCUT2D eigenvalue weighted by atomic mass is 32.2. The van der Waals surface area contributed by atoms with Gasteiger partial charge in [0.05, 0.1) is 18.4 Å². The monoisotopic (exact) mass is 334 g/mol. The highest BCUT2D eigenvalue weighted by Crippen LogP contribution is 2.28. The average Bonchev–Trinajstić information content (AvgIpc) is 2.89. The molecule has 0 atom stereocenters. The number of carbonyl (C=O) groups is 2. The molecule has 0 saturated carbocycles. The Balaban J connectivity index is 2.08. The summed E-state index contributed by atoms with van der Waals surface area (Å²) in [5, 5.41) is 6.47. The maximum Gasteiger partial charge on any atom is 0.325 e. The van der Waals surface area contributed by atoms with Gasteiger partial charge in [0.1, 0.15) is 12.3 Å². The van der Waals surface area contributed by atoms with Gasteiger partial charge in [-0.1, -0.05) is 17.3 Å². The number of amides is 1. The Morgan fingerprint density at radius 2 is 2.04 bits per heavy atom. The maximum absolute atomic E-state index is 12.2. The van der Waals surface area contributed by atoms with Gasteiger partial charge in [0.25, 0.3) is 5.91 Å². The number of carbonyl (C=O) groups excluding carboxylic acids is 2. The SMILES string of the molecule is COC(=O)CNC(=O)c1ccccc1SCc1c(C)noc1C. The third-order valence-corrected chi connectivity index (χ3v) is 4.41. The number of hydrogen-bond acceptors (Lipinski definition) is 6. The summed E-state index contributed by atoms with van der Waals surface area (Å²) in [7, 11) is 1.28. The molecule has 7 heteroatoms. The van der Waals surface area contributed by atoms with Crippen molar-refractivity contribution in [3.8, 4) is 0 Å². The van der Waals surface area contributed by atoms with E-state index < -0.39 is 5.97 Å². The number of aryl methyl sites for hydroxylation is 2. The first-order valence-electron chi connectivity index (χ1n) is 7.01. The first-order valence-corrected chi connectivity index (χ1v) is 8.00. The number of rotatable bonds is 6. The number of aromatic nitrogens is 1. The average molecular weight is 334 g/mol. The van der Waals surface area contributed by atoms with Crippen LogP contribution in [-0.4, -0.2) is 30.7 Å². The Hall–Kier alpha value is -2.28. The molecule has 0 saturated heterocycles. The van der Waals surface area contributed by atoms with Crippen LogP contribution in [0.2, 0.25) is 0 Å². The molecule has 0 aliphatic carbocycles. The van der Waals surface area contributed by atoms with Crippen LogP contribution in [0, 0.1) is 13.8 Å². The van der Waals surface area contributed by atoms with Crippen LogP contribution in [0.25, 0.3) is 0 Å². The van der Waals surface area contributed by atoms with Gasteiger partial charge in [0, 0.05) is 16.2 Å². The molecule has 0 spiro atoms. The van der Waals surface area contributed by atoms with Gasteiger partial charge in [-0.3, -0.25) is 9.59 Å². The van der Waals surface area contributed by atoms with Crippen molar-refractivity contribution < 1.29 is 18.8 Å². The molecule has 0 radical (unpaired) electrons. The van der Waals surface area contributed by atoms with Crippen LogP contribution in [0.3, 0.4) is 0 Å². The normalized spacial score (nSPS) is 10.4. The summed E-state index contributed by atoms with van der Waals surface area (Å²) in [5.74, 6) is 0.640. The van der Waals surface area contributed by atoms with Gasteiger partial charge in [-0.15, -0.1) is 11.8 Å². The number of methoxy groups -OCH3 is 1. The fourth-order valence-electron chi connectivity index (χ4n) is 1.96.